The topological polar surface area (TPSA) is 24.4 Å². The van der Waals surface area contributed by atoms with Crippen LogP contribution in [-0.2, 0) is 6.42 Å². The summed E-state index contributed by atoms with van der Waals surface area (Å²) in [6.45, 7) is 11.8. The number of halogens is 1. The van der Waals surface area contributed by atoms with Crippen LogP contribution in [0.4, 0.5) is 0 Å². The van der Waals surface area contributed by atoms with Gasteiger partial charge in [0, 0.05) is 11.2 Å². The molecule has 0 saturated heterocycles. The number of aliphatic imine (C=N–C) groups is 1. The summed E-state index contributed by atoms with van der Waals surface area (Å²) in [5.41, 5.74) is 5.26. The molecule has 1 aromatic rings. The largest absolute Gasteiger partial charge is 0.382 e. The summed E-state index contributed by atoms with van der Waals surface area (Å²) < 4.78 is 0. The van der Waals surface area contributed by atoms with E-state index in [1.165, 1.54) is 16.7 Å². The molecule has 0 atom stereocenters. The van der Waals surface area contributed by atoms with E-state index in [-0.39, 0.29) is 5.54 Å². The molecule has 0 unspecified atom stereocenters. The predicted octanol–water partition coefficient (Wildman–Crippen LogP) is 4.56. The standard InChI is InChI=1S/C18H25ClN2/c1-12(2)16-8-14(7-6-13(16)3)10-18(4,5)21-15-9-17(19)20-11-15/h6-9,12,21H,10-11H2,1-5H3. The van der Waals surface area contributed by atoms with Crippen LogP contribution in [0.1, 0.15) is 50.3 Å². The van der Waals surface area contributed by atoms with Gasteiger partial charge in [-0.25, -0.2) is 0 Å². The van der Waals surface area contributed by atoms with Crippen LogP contribution in [0.25, 0.3) is 0 Å². The molecule has 0 amide bonds. The van der Waals surface area contributed by atoms with Crippen molar-refractivity contribution in [1.29, 1.82) is 0 Å². The second-order valence-electron chi connectivity index (χ2n) is 6.84. The lowest BCUT2D eigenvalue weighted by Crippen LogP contribution is -2.41. The van der Waals surface area contributed by atoms with Crippen molar-refractivity contribution >= 4 is 16.8 Å². The molecule has 1 aliphatic heterocycles. The third-order valence-electron chi connectivity index (χ3n) is 3.80. The molecule has 21 heavy (non-hydrogen) atoms. The van der Waals surface area contributed by atoms with E-state index >= 15 is 0 Å². The summed E-state index contributed by atoms with van der Waals surface area (Å²) in [5, 5.41) is 4.15. The van der Waals surface area contributed by atoms with Crippen molar-refractivity contribution in [1.82, 2.24) is 5.32 Å². The molecule has 1 aromatic carbocycles. The molecule has 0 aromatic heterocycles. The Morgan fingerprint density at radius 3 is 2.62 bits per heavy atom. The lowest BCUT2D eigenvalue weighted by atomic mass is 9.90. The summed E-state index contributed by atoms with van der Waals surface area (Å²) in [6.07, 6.45) is 2.89. The molecule has 1 heterocycles. The number of allylic oxidation sites excluding steroid dienone is 1. The van der Waals surface area contributed by atoms with Crippen LogP contribution in [0, 0.1) is 6.92 Å². The molecule has 1 aliphatic rings. The van der Waals surface area contributed by atoms with Crippen LogP contribution in [0.2, 0.25) is 0 Å². The van der Waals surface area contributed by atoms with E-state index in [1.54, 1.807) is 0 Å². The van der Waals surface area contributed by atoms with Crippen molar-refractivity contribution in [2.45, 2.75) is 52.5 Å². The third kappa shape index (κ3) is 4.34. The van der Waals surface area contributed by atoms with Gasteiger partial charge in [-0.05, 0) is 55.9 Å². The minimum absolute atomic E-state index is 0.0215. The van der Waals surface area contributed by atoms with Crippen molar-refractivity contribution < 1.29 is 0 Å². The van der Waals surface area contributed by atoms with E-state index in [0.717, 1.165) is 12.1 Å². The molecule has 0 aliphatic carbocycles. The van der Waals surface area contributed by atoms with Crippen molar-refractivity contribution in [3.05, 3.63) is 46.7 Å². The zero-order valence-corrected chi connectivity index (χ0v) is 14.4. The van der Waals surface area contributed by atoms with Crippen LogP contribution in [0.5, 0.6) is 0 Å². The van der Waals surface area contributed by atoms with E-state index in [4.69, 9.17) is 11.6 Å². The zero-order chi connectivity index (χ0) is 15.6. The average Bonchev–Trinajstić information content (AvgIpc) is 2.75. The Labute approximate surface area is 133 Å². The Hall–Kier alpha value is -1.28. The summed E-state index contributed by atoms with van der Waals surface area (Å²) in [4.78, 5) is 4.18. The smallest absolute Gasteiger partial charge is 0.125 e. The second kappa shape index (κ2) is 6.23. The van der Waals surface area contributed by atoms with E-state index < -0.39 is 0 Å². The Kier molecular flexibility index (Phi) is 4.77. The minimum Gasteiger partial charge on any atom is -0.382 e. The molecule has 1 N–H and O–H groups in total. The molecule has 0 bridgehead atoms. The Morgan fingerprint density at radius 2 is 2.05 bits per heavy atom. The van der Waals surface area contributed by atoms with Crippen LogP contribution < -0.4 is 5.32 Å². The number of aryl methyl sites for hydroxylation is 1. The number of benzene rings is 1. The van der Waals surface area contributed by atoms with Crippen LogP contribution in [0.3, 0.4) is 0 Å². The second-order valence-corrected chi connectivity index (χ2v) is 7.23. The lowest BCUT2D eigenvalue weighted by molar-refractivity contribution is 0.424. The molecule has 2 rings (SSSR count). The Balaban J connectivity index is 2.09. The number of nitrogens with zero attached hydrogens (tertiary/aromatic N) is 1. The highest BCUT2D eigenvalue weighted by Gasteiger charge is 2.21. The van der Waals surface area contributed by atoms with Crippen molar-refractivity contribution in [2.24, 2.45) is 4.99 Å². The SMILES string of the molecule is Cc1ccc(CC(C)(C)NC2=CC(Cl)=NC2)cc1C(C)C. The van der Waals surface area contributed by atoms with Gasteiger partial charge in [0.2, 0.25) is 0 Å². The first-order valence-electron chi connectivity index (χ1n) is 7.55. The average molecular weight is 305 g/mol. The summed E-state index contributed by atoms with van der Waals surface area (Å²) in [5.74, 6) is 0.561. The maximum atomic E-state index is 5.90. The molecule has 2 nitrogen and oxygen atoms in total. The summed E-state index contributed by atoms with van der Waals surface area (Å²) in [6, 6.07) is 6.81. The summed E-state index contributed by atoms with van der Waals surface area (Å²) in [7, 11) is 0. The first-order valence-corrected chi connectivity index (χ1v) is 7.93. The molecule has 0 saturated carbocycles. The summed E-state index contributed by atoms with van der Waals surface area (Å²) >= 11 is 5.90. The Bertz CT molecular complexity index is 583. The Morgan fingerprint density at radius 1 is 1.33 bits per heavy atom. The van der Waals surface area contributed by atoms with Gasteiger partial charge in [0.1, 0.15) is 5.17 Å². The molecule has 0 radical (unpaired) electrons. The lowest BCUT2D eigenvalue weighted by Gasteiger charge is -2.28. The molecule has 114 valence electrons. The van der Waals surface area contributed by atoms with Gasteiger partial charge in [-0.1, -0.05) is 43.6 Å². The monoisotopic (exact) mass is 304 g/mol. The van der Waals surface area contributed by atoms with Gasteiger partial charge < -0.3 is 5.32 Å². The molecule has 3 heteroatoms. The van der Waals surface area contributed by atoms with Gasteiger partial charge in [-0.15, -0.1) is 0 Å². The molecule has 0 spiro atoms. The highest BCUT2D eigenvalue weighted by molar-refractivity contribution is 6.68. The van der Waals surface area contributed by atoms with Crippen molar-refractivity contribution in [3.63, 3.8) is 0 Å². The highest BCUT2D eigenvalue weighted by atomic mass is 35.5. The zero-order valence-electron chi connectivity index (χ0n) is 13.6. The molecule has 0 fully saturated rings. The van der Waals surface area contributed by atoms with E-state index in [2.05, 4.69) is 63.1 Å². The third-order valence-corrected chi connectivity index (χ3v) is 4.03. The van der Waals surface area contributed by atoms with E-state index in [0.29, 0.717) is 17.6 Å². The fraction of sp³-hybridized carbons (Fsp3) is 0.500. The van der Waals surface area contributed by atoms with E-state index in [1.807, 2.05) is 6.08 Å². The van der Waals surface area contributed by atoms with Gasteiger partial charge >= 0.3 is 0 Å². The molecular weight excluding hydrogens is 280 g/mol. The highest BCUT2D eigenvalue weighted by Crippen LogP contribution is 2.23. The van der Waals surface area contributed by atoms with Gasteiger partial charge in [0.25, 0.3) is 0 Å². The maximum absolute atomic E-state index is 5.90. The number of nitrogens with one attached hydrogen (secondary N) is 1. The minimum atomic E-state index is -0.0215. The van der Waals surface area contributed by atoms with Gasteiger partial charge in [0.05, 0.1) is 6.54 Å². The van der Waals surface area contributed by atoms with Crippen molar-refractivity contribution in [2.75, 3.05) is 6.54 Å². The number of hydrogen-bond donors (Lipinski definition) is 1. The van der Waals surface area contributed by atoms with Crippen LogP contribution >= 0.6 is 11.6 Å². The van der Waals surface area contributed by atoms with E-state index in [9.17, 15) is 0 Å². The van der Waals surface area contributed by atoms with Crippen molar-refractivity contribution in [3.8, 4) is 0 Å². The number of rotatable bonds is 5. The van der Waals surface area contributed by atoms with Gasteiger partial charge in [-0.2, -0.15) is 0 Å². The fourth-order valence-corrected chi connectivity index (χ4v) is 3.07. The normalized spacial score (nSPS) is 15.2. The van der Waals surface area contributed by atoms with Crippen LogP contribution in [-0.4, -0.2) is 17.3 Å². The first kappa shape index (κ1) is 16.1. The van der Waals surface area contributed by atoms with Gasteiger partial charge in [0.15, 0.2) is 0 Å². The van der Waals surface area contributed by atoms with Crippen LogP contribution in [0.15, 0.2) is 35.0 Å². The fourth-order valence-electron chi connectivity index (χ4n) is 2.88. The quantitative estimate of drug-likeness (QED) is 0.847. The van der Waals surface area contributed by atoms with Gasteiger partial charge in [-0.3, -0.25) is 4.99 Å². The number of hydrogen-bond acceptors (Lipinski definition) is 2. The predicted molar refractivity (Wildman–Crippen MR) is 92.4 cm³/mol. The molecular formula is C18H25ClN2. The maximum Gasteiger partial charge on any atom is 0.125 e. The first-order chi connectivity index (χ1) is 9.77.